The van der Waals surface area contributed by atoms with Crippen LogP contribution in [-0.2, 0) is 6.42 Å². The van der Waals surface area contributed by atoms with E-state index in [2.05, 4.69) is 17.1 Å². The maximum atomic E-state index is 13.3. The van der Waals surface area contributed by atoms with Gasteiger partial charge in [-0.15, -0.1) is 0 Å². The summed E-state index contributed by atoms with van der Waals surface area (Å²) in [5, 5.41) is 4.75. The lowest BCUT2D eigenvalue weighted by Gasteiger charge is -2.25. The highest BCUT2D eigenvalue weighted by Crippen LogP contribution is 2.40. The first-order valence-electron chi connectivity index (χ1n) is 9.65. The third kappa shape index (κ3) is 3.46. The van der Waals surface area contributed by atoms with Crippen molar-refractivity contribution in [1.82, 2.24) is 15.0 Å². The average molecular weight is 379 g/mol. The number of rotatable bonds is 6. The molecule has 6 nitrogen and oxygen atoms in total. The summed E-state index contributed by atoms with van der Waals surface area (Å²) in [6.45, 7) is 3.91. The van der Waals surface area contributed by atoms with E-state index in [9.17, 15) is 4.79 Å². The molecule has 3 aromatic rings. The van der Waals surface area contributed by atoms with Crippen LogP contribution >= 0.6 is 0 Å². The van der Waals surface area contributed by atoms with Gasteiger partial charge in [-0.1, -0.05) is 17.3 Å². The van der Waals surface area contributed by atoms with Crippen LogP contribution in [0, 0.1) is 6.92 Å². The van der Waals surface area contributed by atoms with E-state index >= 15 is 0 Å². The maximum Gasteiger partial charge on any atom is 0.259 e. The summed E-state index contributed by atoms with van der Waals surface area (Å²) in [5.41, 5.74) is 3.89. The number of carbonyl (C=O) groups is 1. The van der Waals surface area contributed by atoms with E-state index in [-0.39, 0.29) is 11.9 Å². The van der Waals surface area contributed by atoms with E-state index in [0.717, 1.165) is 41.7 Å². The van der Waals surface area contributed by atoms with Crippen molar-refractivity contribution in [2.24, 2.45) is 0 Å². The molecule has 0 spiro atoms. The minimum Gasteiger partial charge on any atom is -0.497 e. The number of pyridine rings is 1. The zero-order valence-electron chi connectivity index (χ0n) is 16.7. The molecule has 0 aliphatic heterocycles. The van der Waals surface area contributed by atoms with Crippen LogP contribution in [0.25, 0.3) is 11.1 Å². The number of methoxy groups -OCH3 is 1. The molecule has 2 heterocycles. The van der Waals surface area contributed by atoms with E-state index in [1.54, 1.807) is 12.0 Å². The average Bonchev–Trinajstić information content (AvgIpc) is 3.50. The highest BCUT2D eigenvalue weighted by molar-refractivity contribution is 6.06. The van der Waals surface area contributed by atoms with Gasteiger partial charge in [0.15, 0.2) is 0 Å². The molecule has 0 unspecified atom stereocenters. The van der Waals surface area contributed by atoms with Crippen molar-refractivity contribution in [2.75, 3.05) is 14.2 Å². The molecule has 4 rings (SSSR count). The normalized spacial score (nSPS) is 14.9. The predicted octanol–water partition coefficient (Wildman–Crippen LogP) is 4.12. The standard InChI is InChI=1S/C22H25N3O3/c1-13(11-15-5-9-17(27-4)10-6-15)25(3)22(26)18-12-19(16-7-8-16)23-21-20(18)14(2)24-28-21/h5-6,9-10,12-13,16H,7-8,11H2,1-4H3/t13-/m1/s1. The highest BCUT2D eigenvalue weighted by Gasteiger charge is 2.30. The highest BCUT2D eigenvalue weighted by atomic mass is 16.5. The Balaban J connectivity index is 1.59. The zero-order chi connectivity index (χ0) is 19.8. The molecule has 0 radical (unpaired) electrons. The van der Waals surface area contributed by atoms with Gasteiger partial charge in [0.2, 0.25) is 0 Å². The fourth-order valence-electron chi connectivity index (χ4n) is 3.50. The minimum absolute atomic E-state index is 0.0263. The molecule has 0 saturated heterocycles. The van der Waals surface area contributed by atoms with E-state index < -0.39 is 0 Å². The summed E-state index contributed by atoms with van der Waals surface area (Å²) in [6, 6.07) is 9.93. The number of likely N-dealkylation sites (N-methyl/N-ethyl adjacent to an activating group) is 1. The van der Waals surface area contributed by atoms with Crippen LogP contribution in [0.4, 0.5) is 0 Å². The summed E-state index contributed by atoms with van der Waals surface area (Å²) >= 11 is 0. The quantitative estimate of drug-likeness (QED) is 0.644. The topological polar surface area (TPSA) is 68.5 Å². The van der Waals surface area contributed by atoms with Crippen LogP contribution in [0.3, 0.4) is 0 Å². The number of carbonyl (C=O) groups excluding carboxylic acids is 1. The van der Waals surface area contributed by atoms with Crippen LogP contribution in [0.5, 0.6) is 5.75 Å². The third-order valence-corrected chi connectivity index (χ3v) is 5.53. The number of fused-ring (bicyclic) bond motifs is 1. The fourth-order valence-corrected chi connectivity index (χ4v) is 3.50. The number of benzene rings is 1. The third-order valence-electron chi connectivity index (χ3n) is 5.53. The Bertz CT molecular complexity index is 1010. The Morgan fingerprint density at radius 1 is 1.32 bits per heavy atom. The molecule has 1 aliphatic rings. The molecule has 6 heteroatoms. The van der Waals surface area contributed by atoms with Gasteiger partial charge >= 0.3 is 0 Å². The lowest BCUT2D eigenvalue weighted by Crippen LogP contribution is -2.36. The van der Waals surface area contributed by atoms with Crippen molar-refractivity contribution in [1.29, 1.82) is 0 Å². The summed E-state index contributed by atoms with van der Waals surface area (Å²) in [4.78, 5) is 19.7. The number of hydrogen-bond acceptors (Lipinski definition) is 5. The van der Waals surface area contributed by atoms with Gasteiger partial charge in [-0.05, 0) is 56.9 Å². The van der Waals surface area contributed by atoms with Crippen molar-refractivity contribution in [3.63, 3.8) is 0 Å². The van der Waals surface area contributed by atoms with E-state index in [1.165, 1.54) is 0 Å². The second kappa shape index (κ2) is 7.26. The van der Waals surface area contributed by atoms with Gasteiger partial charge in [0.05, 0.1) is 23.8 Å². The van der Waals surface area contributed by atoms with E-state index in [1.807, 2.05) is 44.3 Å². The van der Waals surface area contributed by atoms with Gasteiger partial charge < -0.3 is 14.2 Å². The largest absolute Gasteiger partial charge is 0.497 e. The Hall–Kier alpha value is -2.89. The fraction of sp³-hybridized carbons (Fsp3) is 0.409. The number of ether oxygens (including phenoxy) is 1. The van der Waals surface area contributed by atoms with Crippen molar-refractivity contribution in [3.05, 3.63) is 52.8 Å². The molecule has 0 bridgehead atoms. The van der Waals surface area contributed by atoms with Gasteiger partial charge in [-0.3, -0.25) is 4.79 Å². The Labute approximate surface area is 164 Å². The SMILES string of the molecule is COc1ccc(C[C@@H](C)N(C)C(=O)c2cc(C3CC3)nc3onc(C)c23)cc1. The predicted molar refractivity (Wildman–Crippen MR) is 107 cm³/mol. The van der Waals surface area contributed by atoms with Gasteiger partial charge in [-0.2, -0.15) is 0 Å². The number of nitrogens with zero attached hydrogens (tertiary/aromatic N) is 3. The number of hydrogen-bond donors (Lipinski definition) is 0. The second-order valence-corrected chi connectivity index (χ2v) is 7.63. The Kier molecular flexibility index (Phi) is 4.79. The van der Waals surface area contributed by atoms with Gasteiger partial charge in [0.1, 0.15) is 5.75 Å². The minimum atomic E-state index is -0.0263. The van der Waals surface area contributed by atoms with Crippen LogP contribution in [0.15, 0.2) is 34.9 Å². The monoisotopic (exact) mass is 379 g/mol. The first-order valence-corrected chi connectivity index (χ1v) is 9.65. The van der Waals surface area contributed by atoms with Gasteiger partial charge in [0.25, 0.3) is 11.6 Å². The number of aromatic nitrogens is 2. The van der Waals surface area contributed by atoms with Gasteiger partial charge in [-0.25, -0.2) is 4.98 Å². The molecule has 1 fully saturated rings. The van der Waals surface area contributed by atoms with Crippen LogP contribution in [0.2, 0.25) is 0 Å². The molecule has 146 valence electrons. The van der Waals surface area contributed by atoms with Crippen LogP contribution in [0.1, 0.15) is 53.0 Å². The summed E-state index contributed by atoms with van der Waals surface area (Å²) in [6.07, 6.45) is 2.99. The number of aryl methyl sites for hydroxylation is 1. The molecule has 1 aromatic carbocycles. The van der Waals surface area contributed by atoms with Crippen molar-refractivity contribution in [2.45, 2.75) is 45.1 Å². The molecular formula is C22H25N3O3. The first kappa shape index (κ1) is 18.5. The summed E-state index contributed by atoms with van der Waals surface area (Å²) in [7, 11) is 3.50. The van der Waals surface area contributed by atoms with Crippen LogP contribution < -0.4 is 4.74 Å². The zero-order valence-corrected chi connectivity index (χ0v) is 16.7. The Morgan fingerprint density at radius 2 is 2.04 bits per heavy atom. The lowest BCUT2D eigenvalue weighted by molar-refractivity contribution is 0.0745. The molecule has 28 heavy (non-hydrogen) atoms. The first-order chi connectivity index (χ1) is 13.5. The Morgan fingerprint density at radius 3 is 2.68 bits per heavy atom. The summed E-state index contributed by atoms with van der Waals surface area (Å²) in [5.74, 6) is 1.24. The molecule has 2 aromatic heterocycles. The van der Waals surface area contributed by atoms with Crippen molar-refractivity contribution >= 4 is 17.0 Å². The molecule has 1 aliphatic carbocycles. The van der Waals surface area contributed by atoms with Crippen LogP contribution in [-0.4, -0.2) is 41.1 Å². The number of amides is 1. The van der Waals surface area contributed by atoms with Crippen molar-refractivity contribution in [3.8, 4) is 5.75 Å². The van der Waals surface area contributed by atoms with E-state index in [0.29, 0.717) is 22.9 Å². The molecule has 0 N–H and O–H groups in total. The molecule has 1 atom stereocenters. The van der Waals surface area contributed by atoms with Gasteiger partial charge in [0, 0.05) is 24.7 Å². The summed E-state index contributed by atoms with van der Waals surface area (Å²) < 4.78 is 10.6. The molecule has 1 amide bonds. The molecular weight excluding hydrogens is 354 g/mol. The van der Waals surface area contributed by atoms with E-state index in [4.69, 9.17) is 9.26 Å². The van der Waals surface area contributed by atoms with Crippen molar-refractivity contribution < 1.29 is 14.1 Å². The lowest BCUT2D eigenvalue weighted by atomic mass is 10.0. The smallest absolute Gasteiger partial charge is 0.259 e. The second-order valence-electron chi connectivity index (χ2n) is 7.63. The maximum absolute atomic E-state index is 13.3. The molecule has 1 saturated carbocycles.